The molecule has 1 rings (SSSR count). The van der Waals surface area contributed by atoms with Crippen LogP contribution in [0.4, 0.5) is 9.59 Å². The summed E-state index contributed by atoms with van der Waals surface area (Å²) >= 11 is 4.85. The van der Waals surface area contributed by atoms with Crippen LogP contribution < -0.4 is 0 Å². The van der Waals surface area contributed by atoms with Gasteiger partial charge in [-0.15, -0.1) is 0 Å². The number of halogens is 1. The Bertz CT molecular complexity index is 246. The van der Waals surface area contributed by atoms with E-state index in [1.165, 1.54) is 0 Å². The number of rotatable bonds is 1. The second-order valence-corrected chi connectivity index (χ2v) is 2.30. The van der Waals surface area contributed by atoms with Crippen molar-refractivity contribution in [1.29, 1.82) is 0 Å². The molecule has 5 nitrogen and oxygen atoms in total. The highest BCUT2D eigenvalue weighted by atomic mass is 35.5. The van der Waals surface area contributed by atoms with Crippen LogP contribution in [0, 0.1) is 0 Å². The first-order valence-electron chi connectivity index (χ1n) is 3.04. The van der Waals surface area contributed by atoms with Crippen LogP contribution in [0.1, 0.15) is 6.92 Å². The van der Waals surface area contributed by atoms with Crippen molar-refractivity contribution in [3.8, 4) is 0 Å². The summed E-state index contributed by atoms with van der Waals surface area (Å²) < 4.78 is 13.3. The third-order valence-corrected chi connectivity index (χ3v) is 1.23. The van der Waals surface area contributed by atoms with Crippen molar-refractivity contribution in [2.45, 2.75) is 13.0 Å². The van der Waals surface area contributed by atoms with Crippen molar-refractivity contribution in [3.63, 3.8) is 0 Å². The van der Waals surface area contributed by atoms with Gasteiger partial charge in [0, 0.05) is 11.6 Å². The Morgan fingerprint density at radius 1 is 1.75 bits per heavy atom. The molecule has 1 aliphatic rings. The fourth-order valence-corrected chi connectivity index (χ4v) is 0.675. The van der Waals surface area contributed by atoms with Gasteiger partial charge in [0.15, 0.2) is 11.9 Å². The summed E-state index contributed by atoms with van der Waals surface area (Å²) in [5.74, 6) is 0.119. The molecule has 0 amide bonds. The van der Waals surface area contributed by atoms with E-state index in [4.69, 9.17) is 11.6 Å². The SMILES string of the molecule is CC1OC(=O)OC1=COC(=O)Cl. The summed E-state index contributed by atoms with van der Waals surface area (Å²) in [5, 5.41) is 0. The molecule has 6 heteroatoms. The Morgan fingerprint density at radius 3 is 2.83 bits per heavy atom. The first-order chi connectivity index (χ1) is 5.59. The molecule has 1 heterocycles. The van der Waals surface area contributed by atoms with Gasteiger partial charge in [-0.1, -0.05) is 0 Å². The van der Waals surface area contributed by atoms with Gasteiger partial charge in [-0.05, 0) is 6.92 Å². The lowest BCUT2D eigenvalue weighted by atomic mass is 10.4. The monoisotopic (exact) mass is 192 g/mol. The highest BCUT2D eigenvalue weighted by molar-refractivity contribution is 6.61. The van der Waals surface area contributed by atoms with Crippen molar-refractivity contribution in [2.24, 2.45) is 0 Å². The van der Waals surface area contributed by atoms with Gasteiger partial charge in [-0.3, -0.25) is 0 Å². The Balaban J connectivity index is 2.57. The number of hydrogen-bond acceptors (Lipinski definition) is 5. The standard InChI is InChI=1S/C6H5ClO5/c1-3-4(2-10-5(7)8)12-6(9)11-3/h2-3H,1H3. The average Bonchev–Trinajstić information content (AvgIpc) is 2.26. The molecule has 0 bridgehead atoms. The predicted molar refractivity (Wildman–Crippen MR) is 37.4 cm³/mol. The fraction of sp³-hybridized carbons (Fsp3) is 0.333. The minimum Gasteiger partial charge on any atom is -0.423 e. The van der Waals surface area contributed by atoms with Gasteiger partial charge in [0.05, 0.1) is 0 Å². The second kappa shape index (κ2) is 3.44. The second-order valence-electron chi connectivity index (χ2n) is 1.99. The summed E-state index contributed by atoms with van der Waals surface area (Å²) in [6.07, 6.45) is -0.432. The molecule has 0 aromatic rings. The van der Waals surface area contributed by atoms with E-state index in [1.807, 2.05) is 0 Å². The quantitative estimate of drug-likeness (QED) is 0.360. The summed E-state index contributed by atoms with van der Waals surface area (Å²) in [6, 6.07) is 0. The molecular weight excluding hydrogens is 188 g/mol. The summed E-state index contributed by atoms with van der Waals surface area (Å²) in [6.45, 7) is 1.57. The zero-order valence-electron chi connectivity index (χ0n) is 6.07. The van der Waals surface area contributed by atoms with E-state index in [9.17, 15) is 9.59 Å². The predicted octanol–water partition coefficient (Wildman–Crippen LogP) is 1.76. The average molecular weight is 193 g/mol. The van der Waals surface area contributed by atoms with Crippen LogP contribution in [-0.4, -0.2) is 17.7 Å². The van der Waals surface area contributed by atoms with Crippen LogP contribution in [-0.2, 0) is 14.2 Å². The maximum atomic E-state index is 10.4. The largest absolute Gasteiger partial charge is 0.514 e. The van der Waals surface area contributed by atoms with E-state index in [0.717, 1.165) is 6.26 Å². The van der Waals surface area contributed by atoms with E-state index in [-0.39, 0.29) is 5.76 Å². The van der Waals surface area contributed by atoms with Crippen LogP contribution in [0.3, 0.4) is 0 Å². The smallest absolute Gasteiger partial charge is 0.423 e. The van der Waals surface area contributed by atoms with Crippen LogP contribution in [0.5, 0.6) is 0 Å². The minimum absolute atomic E-state index is 0.119. The molecule has 0 radical (unpaired) electrons. The minimum atomic E-state index is -1.00. The molecule has 1 saturated heterocycles. The van der Waals surface area contributed by atoms with E-state index < -0.39 is 17.7 Å². The summed E-state index contributed by atoms with van der Waals surface area (Å²) in [7, 11) is 0. The Labute approximate surface area is 72.8 Å². The van der Waals surface area contributed by atoms with Crippen LogP contribution in [0.15, 0.2) is 12.0 Å². The molecule has 0 N–H and O–H groups in total. The molecule has 12 heavy (non-hydrogen) atoms. The van der Waals surface area contributed by atoms with Crippen LogP contribution >= 0.6 is 11.6 Å². The lowest BCUT2D eigenvalue weighted by Crippen LogP contribution is -2.01. The molecule has 66 valence electrons. The lowest BCUT2D eigenvalue weighted by molar-refractivity contribution is 0.122. The molecule has 0 aromatic carbocycles. The first-order valence-corrected chi connectivity index (χ1v) is 3.42. The molecule has 1 atom stereocenters. The van der Waals surface area contributed by atoms with E-state index in [2.05, 4.69) is 14.2 Å². The Morgan fingerprint density at radius 2 is 2.42 bits per heavy atom. The number of carbonyl (C=O) groups excluding carboxylic acids is 2. The highest BCUT2D eigenvalue weighted by Gasteiger charge is 2.28. The van der Waals surface area contributed by atoms with E-state index in [1.54, 1.807) is 6.92 Å². The van der Waals surface area contributed by atoms with Gasteiger partial charge < -0.3 is 14.2 Å². The van der Waals surface area contributed by atoms with Crippen LogP contribution in [0.2, 0.25) is 0 Å². The number of ether oxygens (including phenoxy) is 3. The summed E-state index contributed by atoms with van der Waals surface area (Å²) in [4.78, 5) is 20.6. The molecule has 1 aliphatic heterocycles. The fourth-order valence-electron chi connectivity index (χ4n) is 0.630. The van der Waals surface area contributed by atoms with Crippen molar-refractivity contribution in [1.82, 2.24) is 0 Å². The normalized spacial score (nSPS) is 25.0. The van der Waals surface area contributed by atoms with Gasteiger partial charge in [0.2, 0.25) is 0 Å². The number of cyclic esters (lactones) is 2. The van der Waals surface area contributed by atoms with Gasteiger partial charge in [0.1, 0.15) is 6.26 Å². The lowest BCUT2D eigenvalue weighted by Gasteiger charge is -1.97. The van der Waals surface area contributed by atoms with Gasteiger partial charge >= 0.3 is 11.6 Å². The zero-order chi connectivity index (χ0) is 9.14. The third kappa shape index (κ3) is 2.13. The molecule has 0 spiro atoms. The van der Waals surface area contributed by atoms with Crippen molar-refractivity contribution < 1.29 is 23.8 Å². The maximum absolute atomic E-state index is 10.4. The van der Waals surface area contributed by atoms with Gasteiger partial charge in [0.25, 0.3) is 0 Å². The Kier molecular flexibility index (Phi) is 2.54. The van der Waals surface area contributed by atoms with Gasteiger partial charge in [-0.25, -0.2) is 9.59 Å². The molecular formula is C6H5ClO5. The third-order valence-electron chi connectivity index (χ3n) is 1.14. The van der Waals surface area contributed by atoms with Crippen molar-refractivity contribution in [2.75, 3.05) is 0 Å². The van der Waals surface area contributed by atoms with E-state index >= 15 is 0 Å². The zero-order valence-corrected chi connectivity index (χ0v) is 6.83. The number of hydrogen-bond donors (Lipinski definition) is 0. The Hall–Kier alpha value is -1.23. The maximum Gasteiger partial charge on any atom is 0.514 e. The molecule has 0 aliphatic carbocycles. The molecule has 1 unspecified atom stereocenters. The van der Waals surface area contributed by atoms with Crippen molar-refractivity contribution >= 4 is 23.2 Å². The number of carbonyl (C=O) groups is 2. The molecule has 1 fully saturated rings. The molecule has 0 saturated carbocycles. The van der Waals surface area contributed by atoms with Crippen molar-refractivity contribution in [3.05, 3.63) is 12.0 Å². The van der Waals surface area contributed by atoms with Crippen LogP contribution in [0.25, 0.3) is 0 Å². The van der Waals surface area contributed by atoms with E-state index in [0.29, 0.717) is 0 Å². The summed E-state index contributed by atoms with van der Waals surface area (Å²) in [5.41, 5.74) is -1.00. The highest BCUT2D eigenvalue weighted by Crippen LogP contribution is 2.18. The first kappa shape index (κ1) is 8.86. The van der Waals surface area contributed by atoms with Gasteiger partial charge in [-0.2, -0.15) is 0 Å². The molecule has 0 aromatic heterocycles. The topological polar surface area (TPSA) is 61.8 Å².